The molecule has 0 radical (unpaired) electrons. The third kappa shape index (κ3) is 2.97. The number of fused-ring (bicyclic) bond motifs is 1. The lowest BCUT2D eigenvalue weighted by Crippen LogP contribution is -2.30. The average molecular weight is 284 g/mol. The van der Waals surface area contributed by atoms with Gasteiger partial charge in [-0.15, -0.1) is 0 Å². The number of nitrogens with zero attached hydrogens (tertiary/aromatic N) is 3. The number of hydrogen-bond donors (Lipinski definition) is 1. The molecule has 0 saturated carbocycles. The van der Waals surface area contributed by atoms with Gasteiger partial charge in [0.15, 0.2) is 0 Å². The highest BCUT2D eigenvalue weighted by molar-refractivity contribution is 5.39. The van der Waals surface area contributed by atoms with Gasteiger partial charge in [0.2, 0.25) is 0 Å². The molecule has 0 fully saturated rings. The maximum atomic E-state index is 5.98. The van der Waals surface area contributed by atoms with Crippen LogP contribution in [0.4, 0.5) is 5.82 Å². The predicted molar refractivity (Wildman–Crippen MR) is 82.0 cm³/mol. The lowest BCUT2D eigenvalue weighted by molar-refractivity contribution is 0.245. The highest BCUT2D eigenvalue weighted by Gasteiger charge is 2.18. The van der Waals surface area contributed by atoms with Crippen molar-refractivity contribution in [3.8, 4) is 5.75 Å². The van der Waals surface area contributed by atoms with Crippen LogP contribution in [0, 0.1) is 6.92 Å². The van der Waals surface area contributed by atoms with Crippen molar-refractivity contribution in [3.05, 3.63) is 46.9 Å². The molecule has 21 heavy (non-hydrogen) atoms. The molecule has 3 rings (SSSR count). The number of hydrogen-bond acceptors (Lipinski definition) is 5. The maximum absolute atomic E-state index is 5.98. The van der Waals surface area contributed by atoms with Gasteiger partial charge in [-0.2, -0.15) is 0 Å². The van der Waals surface area contributed by atoms with E-state index in [0.717, 1.165) is 37.4 Å². The first-order chi connectivity index (χ1) is 10.2. The Morgan fingerprint density at radius 1 is 1.33 bits per heavy atom. The number of anilines is 1. The van der Waals surface area contributed by atoms with Crippen LogP contribution < -0.4 is 10.5 Å². The second kappa shape index (κ2) is 5.69. The molecule has 0 atom stereocenters. The van der Waals surface area contributed by atoms with Crippen LogP contribution in [0.2, 0.25) is 0 Å². The van der Waals surface area contributed by atoms with Crippen LogP contribution in [0.1, 0.15) is 22.5 Å². The zero-order chi connectivity index (χ0) is 14.8. The van der Waals surface area contributed by atoms with Gasteiger partial charge < -0.3 is 10.5 Å². The highest BCUT2D eigenvalue weighted by atomic mass is 16.5. The minimum Gasteiger partial charge on any atom is -0.497 e. The Hall–Kier alpha value is -2.14. The zero-order valence-corrected chi connectivity index (χ0v) is 12.5. The van der Waals surface area contributed by atoms with E-state index in [1.54, 1.807) is 7.11 Å². The summed E-state index contributed by atoms with van der Waals surface area (Å²) in [4.78, 5) is 10.8. The Morgan fingerprint density at radius 3 is 2.95 bits per heavy atom. The van der Waals surface area contributed by atoms with Crippen LogP contribution in [-0.2, 0) is 19.5 Å². The fourth-order valence-electron chi connectivity index (χ4n) is 2.72. The molecule has 0 aliphatic carbocycles. The molecule has 0 unspecified atom stereocenters. The van der Waals surface area contributed by atoms with Crippen molar-refractivity contribution in [3.63, 3.8) is 0 Å². The van der Waals surface area contributed by atoms with Gasteiger partial charge >= 0.3 is 0 Å². The highest BCUT2D eigenvalue weighted by Crippen LogP contribution is 2.25. The molecule has 0 saturated heterocycles. The van der Waals surface area contributed by atoms with Crippen LogP contribution in [0.25, 0.3) is 0 Å². The molecular formula is C16H20N4O. The van der Waals surface area contributed by atoms with Crippen LogP contribution in [0.15, 0.2) is 24.4 Å². The number of nitrogens with two attached hydrogens (primary N) is 1. The molecule has 2 N–H and O–H groups in total. The number of benzene rings is 1. The molecule has 110 valence electrons. The molecule has 5 nitrogen and oxygen atoms in total. The number of rotatable bonds is 3. The summed E-state index contributed by atoms with van der Waals surface area (Å²) in [5, 5.41) is 0. The SMILES string of the molecule is COc1ccc2c(c1)CCN(Cc1cnc(C)nc1N)C2. The zero-order valence-electron chi connectivity index (χ0n) is 12.5. The third-order valence-electron chi connectivity index (χ3n) is 3.92. The van der Waals surface area contributed by atoms with Gasteiger partial charge in [0.1, 0.15) is 17.4 Å². The van der Waals surface area contributed by atoms with E-state index in [4.69, 9.17) is 10.5 Å². The Bertz CT molecular complexity index is 657. The van der Waals surface area contributed by atoms with Crippen molar-refractivity contribution in [2.75, 3.05) is 19.4 Å². The first-order valence-electron chi connectivity index (χ1n) is 7.12. The minimum absolute atomic E-state index is 0.586. The molecule has 1 aliphatic rings. The van der Waals surface area contributed by atoms with Crippen molar-refractivity contribution in [2.24, 2.45) is 0 Å². The lowest BCUT2D eigenvalue weighted by Gasteiger charge is -2.29. The summed E-state index contributed by atoms with van der Waals surface area (Å²) in [6.07, 6.45) is 2.86. The number of methoxy groups -OCH3 is 1. The Labute approximate surface area is 124 Å². The second-order valence-electron chi connectivity index (χ2n) is 5.42. The molecule has 2 heterocycles. The Kier molecular flexibility index (Phi) is 3.75. The minimum atomic E-state index is 0.586. The summed E-state index contributed by atoms with van der Waals surface area (Å²) < 4.78 is 5.28. The van der Waals surface area contributed by atoms with E-state index in [1.165, 1.54) is 11.1 Å². The molecular weight excluding hydrogens is 264 g/mol. The fraction of sp³-hybridized carbons (Fsp3) is 0.375. The molecule has 2 aromatic rings. The van der Waals surface area contributed by atoms with Crippen molar-refractivity contribution in [1.82, 2.24) is 14.9 Å². The summed E-state index contributed by atoms with van der Waals surface area (Å²) >= 11 is 0. The molecule has 0 bridgehead atoms. The number of nitrogen functional groups attached to an aromatic ring is 1. The summed E-state index contributed by atoms with van der Waals surface area (Å²) in [7, 11) is 1.71. The van der Waals surface area contributed by atoms with E-state index in [-0.39, 0.29) is 0 Å². The van der Waals surface area contributed by atoms with Crippen LogP contribution in [-0.4, -0.2) is 28.5 Å². The largest absolute Gasteiger partial charge is 0.497 e. The van der Waals surface area contributed by atoms with Gasteiger partial charge in [-0.25, -0.2) is 9.97 Å². The van der Waals surface area contributed by atoms with E-state index in [9.17, 15) is 0 Å². The third-order valence-corrected chi connectivity index (χ3v) is 3.92. The maximum Gasteiger partial charge on any atom is 0.131 e. The smallest absolute Gasteiger partial charge is 0.131 e. The van der Waals surface area contributed by atoms with Crippen molar-refractivity contribution >= 4 is 5.82 Å². The topological polar surface area (TPSA) is 64.3 Å². The quantitative estimate of drug-likeness (QED) is 0.933. The summed E-state index contributed by atoms with van der Waals surface area (Å²) in [5.74, 6) is 2.23. The lowest BCUT2D eigenvalue weighted by atomic mass is 9.99. The van der Waals surface area contributed by atoms with Crippen molar-refractivity contribution < 1.29 is 4.74 Å². The van der Waals surface area contributed by atoms with Gasteiger partial charge in [0.25, 0.3) is 0 Å². The van der Waals surface area contributed by atoms with E-state index in [0.29, 0.717) is 11.6 Å². The van der Waals surface area contributed by atoms with Crippen molar-refractivity contribution in [1.29, 1.82) is 0 Å². The monoisotopic (exact) mass is 284 g/mol. The number of aryl methyl sites for hydroxylation is 1. The second-order valence-corrected chi connectivity index (χ2v) is 5.42. The predicted octanol–water partition coefficient (Wildman–Crippen LogP) is 1.93. The molecule has 0 amide bonds. The average Bonchev–Trinajstić information content (AvgIpc) is 2.49. The Morgan fingerprint density at radius 2 is 2.19 bits per heavy atom. The molecule has 1 aromatic heterocycles. The van der Waals surface area contributed by atoms with Crippen LogP contribution in [0.5, 0.6) is 5.75 Å². The van der Waals surface area contributed by atoms with Crippen molar-refractivity contribution in [2.45, 2.75) is 26.4 Å². The van der Waals surface area contributed by atoms with E-state index >= 15 is 0 Å². The fourth-order valence-corrected chi connectivity index (χ4v) is 2.72. The molecule has 1 aromatic carbocycles. The van der Waals surface area contributed by atoms with Gasteiger partial charge in [-0.3, -0.25) is 4.90 Å². The first-order valence-corrected chi connectivity index (χ1v) is 7.12. The van der Waals surface area contributed by atoms with Crippen LogP contribution in [0.3, 0.4) is 0 Å². The summed E-state index contributed by atoms with van der Waals surface area (Å²) in [6.45, 7) is 4.57. The van der Waals surface area contributed by atoms with Gasteiger partial charge in [0.05, 0.1) is 7.11 Å². The Balaban J connectivity index is 1.74. The standard InChI is InChI=1S/C16H20N4O/c1-11-18-8-14(16(17)19-11)10-20-6-5-12-7-15(21-2)4-3-13(12)9-20/h3-4,7-8H,5-6,9-10H2,1-2H3,(H2,17,18,19). The normalized spacial score (nSPS) is 14.8. The number of aromatic nitrogens is 2. The van der Waals surface area contributed by atoms with Crippen LogP contribution >= 0.6 is 0 Å². The van der Waals surface area contributed by atoms with Gasteiger partial charge in [-0.1, -0.05) is 6.07 Å². The molecule has 5 heteroatoms. The molecule has 1 aliphatic heterocycles. The summed E-state index contributed by atoms with van der Waals surface area (Å²) in [6, 6.07) is 6.30. The summed E-state index contributed by atoms with van der Waals surface area (Å²) in [5.41, 5.74) is 9.70. The first kappa shape index (κ1) is 13.8. The number of ether oxygens (including phenoxy) is 1. The van der Waals surface area contributed by atoms with E-state index in [2.05, 4.69) is 27.0 Å². The molecule has 0 spiro atoms. The van der Waals surface area contributed by atoms with E-state index < -0.39 is 0 Å². The van der Waals surface area contributed by atoms with E-state index in [1.807, 2.05) is 19.2 Å². The van der Waals surface area contributed by atoms with Gasteiger partial charge in [0, 0.05) is 31.4 Å². The van der Waals surface area contributed by atoms with Gasteiger partial charge in [-0.05, 0) is 36.6 Å².